The monoisotopic (exact) mass is 154 g/mol. The molecule has 6 nitrogen and oxygen atoms in total. The summed E-state index contributed by atoms with van der Waals surface area (Å²) in [7, 11) is 0. The molecule has 0 aliphatic heterocycles. The van der Waals surface area contributed by atoms with Crippen molar-refractivity contribution in [1.29, 1.82) is 0 Å². The molecule has 7 heavy (non-hydrogen) atoms. The third-order valence-electron chi connectivity index (χ3n) is 0. The average Bonchev–Trinajstić information content (AvgIpc) is 1.36. The minimum atomic E-state index is -5.38. The molecule has 0 radical (unpaired) electrons. The van der Waals surface area contributed by atoms with Crippen LogP contribution in [0.1, 0.15) is 0 Å². The van der Waals surface area contributed by atoms with Crippen molar-refractivity contribution < 1.29 is 39.2 Å². The van der Waals surface area contributed by atoms with E-state index < -0.39 is 13.0 Å². The molecule has 0 atom stereocenters. The van der Waals surface area contributed by atoms with Gasteiger partial charge in [0.1, 0.15) is 0 Å². The Morgan fingerprint density at radius 2 is 1.00 bits per heavy atom. The maximum absolute atomic E-state index is 8.69. The first-order chi connectivity index (χ1) is 3.00. The zero-order valence-corrected chi connectivity index (χ0v) is 4.12. The summed E-state index contributed by atoms with van der Waals surface area (Å²) in [5, 5.41) is 12.0. The second kappa shape index (κ2) is 3.97. The van der Waals surface area contributed by atoms with Crippen molar-refractivity contribution >= 4 is 0 Å². The van der Waals surface area contributed by atoms with Crippen LogP contribution in [0.4, 0.5) is 0 Å². The van der Waals surface area contributed by atoms with Crippen LogP contribution >= 0.6 is 0 Å². The van der Waals surface area contributed by atoms with Crippen LogP contribution in [-0.2, 0) is 24.5 Å². The maximum atomic E-state index is 8.69. The number of rotatable bonds is 0. The zero-order chi connectivity index (χ0) is 6.50. The molecular weight excluding hydrogens is 151 g/mol. The fraction of sp³-hybridized carbons (Fsp3) is 0. The molecule has 3 N–H and O–H groups in total. The summed E-state index contributed by atoms with van der Waals surface area (Å²) in [6, 6.07) is 0. The van der Waals surface area contributed by atoms with E-state index in [1.54, 1.807) is 0 Å². The van der Waals surface area contributed by atoms with Crippen molar-refractivity contribution in [3.05, 3.63) is 0 Å². The third-order valence-corrected chi connectivity index (χ3v) is 0. The molecule has 46 valence electrons. The second-order valence-corrected chi connectivity index (χ2v) is 1.63. The Kier molecular flexibility index (Phi) is 5.63. The molecule has 0 saturated carbocycles. The molecular formula is H3MnO6. The molecule has 0 heterocycles. The molecule has 0 aromatic rings. The van der Waals surface area contributed by atoms with Crippen molar-refractivity contribution in [1.82, 2.24) is 0 Å². The predicted molar refractivity (Wildman–Crippen MR) is 9.54 cm³/mol. The Morgan fingerprint density at radius 1 is 1.00 bits per heavy atom. The van der Waals surface area contributed by atoms with Crippen molar-refractivity contribution in [2.24, 2.45) is 0 Å². The fourth-order valence-electron chi connectivity index (χ4n) is 0. The Hall–Kier alpha value is -0.201. The van der Waals surface area contributed by atoms with Crippen LogP contribution in [0.25, 0.3) is 0 Å². The molecule has 0 unspecified atom stereocenters. The first-order valence-electron chi connectivity index (χ1n) is 0.832. The van der Waals surface area contributed by atoms with Gasteiger partial charge in [0.05, 0.1) is 0 Å². The summed E-state index contributed by atoms with van der Waals surface area (Å²) < 4.78 is 33.1. The molecule has 0 bridgehead atoms. The Bertz CT molecular complexity index is 125. The summed E-state index contributed by atoms with van der Waals surface area (Å²) in [6.07, 6.45) is 0. The van der Waals surface area contributed by atoms with Gasteiger partial charge in [0.15, 0.2) is 0 Å². The van der Waals surface area contributed by atoms with Crippen LogP contribution in [-0.4, -0.2) is 14.7 Å². The van der Waals surface area contributed by atoms with E-state index in [4.69, 9.17) is 26.2 Å². The molecule has 0 aromatic heterocycles. The van der Waals surface area contributed by atoms with Gasteiger partial charge in [0.25, 0.3) is 0 Å². The van der Waals surface area contributed by atoms with Gasteiger partial charge in [-0.1, -0.05) is 0 Å². The van der Waals surface area contributed by atoms with E-state index >= 15 is 0 Å². The summed E-state index contributed by atoms with van der Waals surface area (Å²) in [4.78, 5) is 0. The Balaban J connectivity index is 0. The first kappa shape index (κ1) is 9.93. The van der Waals surface area contributed by atoms with E-state index in [-0.39, 0.29) is 0 Å². The van der Waals surface area contributed by atoms with E-state index in [0.29, 0.717) is 0 Å². The minimum absolute atomic E-state index is 5.38. The summed E-state index contributed by atoms with van der Waals surface area (Å²) in [6.45, 7) is 0. The molecule has 0 rings (SSSR count). The van der Waals surface area contributed by atoms with Crippen LogP contribution in [0, 0.1) is 0 Å². The molecule has 0 aliphatic rings. The number of hydrogen-bond acceptors (Lipinski definition) is 5. The fourth-order valence-corrected chi connectivity index (χ4v) is 0. The van der Waals surface area contributed by atoms with Gasteiger partial charge in [0.2, 0.25) is 0 Å². The van der Waals surface area contributed by atoms with Crippen molar-refractivity contribution in [3.8, 4) is 0 Å². The summed E-state index contributed by atoms with van der Waals surface area (Å²) in [5.41, 5.74) is 0. The van der Waals surface area contributed by atoms with E-state index in [1.165, 1.54) is 0 Å². The van der Waals surface area contributed by atoms with Gasteiger partial charge in [-0.25, -0.2) is 0 Å². The first-order valence-corrected chi connectivity index (χ1v) is 2.81. The Labute approximate surface area is 40.1 Å². The van der Waals surface area contributed by atoms with Gasteiger partial charge < -0.3 is 0 Å². The molecule has 0 saturated heterocycles. The van der Waals surface area contributed by atoms with Crippen LogP contribution < -0.4 is 0 Å². The topological polar surface area (TPSA) is 112 Å². The van der Waals surface area contributed by atoms with Crippen LogP contribution in [0.5, 0.6) is 0 Å². The van der Waals surface area contributed by atoms with Crippen molar-refractivity contribution in [3.63, 3.8) is 0 Å². The third kappa shape index (κ3) is 2080. The standard InChI is InChI=1S/Mn.H2O2.H2O.3O/c;1-2;;;;/h;1-2H;1H2;;;/q+1;;;;;/p-1. The molecule has 0 aliphatic carbocycles. The van der Waals surface area contributed by atoms with E-state index in [9.17, 15) is 0 Å². The zero-order valence-electron chi connectivity index (χ0n) is 2.94. The van der Waals surface area contributed by atoms with Gasteiger partial charge in [-0.05, 0) is 0 Å². The van der Waals surface area contributed by atoms with Crippen LogP contribution in [0.15, 0.2) is 0 Å². The van der Waals surface area contributed by atoms with Gasteiger partial charge in [-0.15, -0.1) is 0 Å². The van der Waals surface area contributed by atoms with E-state index in [0.717, 1.165) is 0 Å². The molecule has 7 heteroatoms. The van der Waals surface area contributed by atoms with Gasteiger partial charge in [0, 0.05) is 0 Å². The quantitative estimate of drug-likeness (QED) is 0.237. The average molecular weight is 154 g/mol. The van der Waals surface area contributed by atoms with Crippen LogP contribution in [0.2, 0.25) is 0 Å². The number of hydrogen-bond donors (Lipinski definition) is 3. The van der Waals surface area contributed by atoms with Crippen molar-refractivity contribution in [2.75, 3.05) is 0 Å². The normalized spacial score (nSPS) is 9.00. The molecule has 0 spiro atoms. The molecule has 0 amide bonds. The van der Waals surface area contributed by atoms with Gasteiger partial charge in [-0.2, -0.15) is 0 Å². The van der Waals surface area contributed by atoms with Gasteiger partial charge >= 0.3 is 28.7 Å². The van der Waals surface area contributed by atoms with E-state index in [2.05, 4.69) is 0 Å². The summed E-state index contributed by atoms with van der Waals surface area (Å²) in [5.74, 6) is 0. The summed E-state index contributed by atoms with van der Waals surface area (Å²) >= 11 is -5.38. The predicted octanol–water partition coefficient (Wildman–Crippen LogP) is -0.898. The molecule has 0 aromatic carbocycles. The van der Waals surface area contributed by atoms with E-state index in [1.807, 2.05) is 0 Å². The second-order valence-electron chi connectivity index (χ2n) is 0.396. The molecule has 0 fully saturated rings. The van der Waals surface area contributed by atoms with Gasteiger partial charge in [-0.3, -0.25) is 10.5 Å². The Morgan fingerprint density at radius 3 is 1.00 bits per heavy atom. The van der Waals surface area contributed by atoms with Crippen LogP contribution in [0.3, 0.4) is 0 Å². The van der Waals surface area contributed by atoms with Crippen molar-refractivity contribution in [2.45, 2.75) is 0 Å². The SMILES string of the molecule is OO.[O]=[Mn](=[O])(=[O])[OH].